The molecule has 3 rings (SSSR count). The lowest BCUT2D eigenvalue weighted by Gasteiger charge is -2.31. The maximum absolute atomic E-state index is 5.77. The zero-order chi connectivity index (χ0) is 14.5. The fraction of sp³-hybridized carbons (Fsp3) is 0.667. The van der Waals surface area contributed by atoms with Gasteiger partial charge in [0, 0.05) is 38.3 Å². The molecular weight excluding hydrogens is 260 g/mol. The van der Waals surface area contributed by atoms with E-state index >= 15 is 0 Å². The zero-order valence-electron chi connectivity index (χ0n) is 13.1. The Hall–Kier alpha value is -0.900. The molecule has 2 heterocycles. The summed E-state index contributed by atoms with van der Waals surface area (Å²) in [7, 11) is 0. The summed E-state index contributed by atoms with van der Waals surface area (Å²) in [6.45, 7) is 6.64. The van der Waals surface area contributed by atoms with E-state index in [1.54, 1.807) is 0 Å². The van der Waals surface area contributed by atoms with Gasteiger partial charge in [0.2, 0.25) is 0 Å². The maximum Gasteiger partial charge on any atom is 0.0587 e. The highest BCUT2D eigenvalue weighted by molar-refractivity contribution is 5.14. The predicted octanol–water partition coefficient (Wildman–Crippen LogP) is 2.81. The lowest BCUT2D eigenvalue weighted by Crippen LogP contribution is -2.45. The summed E-state index contributed by atoms with van der Waals surface area (Å²) in [5, 5.41) is 3.88. The molecule has 2 aliphatic heterocycles. The Morgan fingerprint density at radius 2 is 2.05 bits per heavy atom. The van der Waals surface area contributed by atoms with Crippen LogP contribution in [0.2, 0.25) is 0 Å². The van der Waals surface area contributed by atoms with Crippen molar-refractivity contribution in [3.63, 3.8) is 0 Å². The van der Waals surface area contributed by atoms with Gasteiger partial charge in [-0.05, 0) is 31.2 Å². The van der Waals surface area contributed by atoms with Crippen LogP contribution in [0.3, 0.4) is 0 Å². The minimum atomic E-state index is 0.470. The van der Waals surface area contributed by atoms with Crippen LogP contribution >= 0.6 is 0 Å². The van der Waals surface area contributed by atoms with Crippen LogP contribution < -0.4 is 5.32 Å². The Morgan fingerprint density at radius 1 is 1.19 bits per heavy atom. The third-order valence-electron chi connectivity index (χ3n) is 4.82. The SMILES string of the molecule is CCC1CC(NC2CCN(Cc3ccccc3)C2)CCO1. The number of hydrogen-bond acceptors (Lipinski definition) is 3. The number of nitrogens with one attached hydrogen (secondary N) is 1. The van der Waals surface area contributed by atoms with Crippen molar-refractivity contribution in [3.05, 3.63) is 35.9 Å². The molecule has 3 heteroatoms. The summed E-state index contributed by atoms with van der Waals surface area (Å²) in [6.07, 6.45) is 5.25. The van der Waals surface area contributed by atoms with Crippen LogP contribution in [0.4, 0.5) is 0 Å². The lowest BCUT2D eigenvalue weighted by atomic mass is 10.0. The van der Waals surface area contributed by atoms with E-state index < -0.39 is 0 Å². The van der Waals surface area contributed by atoms with E-state index in [2.05, 4.69) is 47.5 Å². The monoisotopic (exact) mass is 288 g/mol. The molecule has 1 aromatic carbocycles. The summed E-state index contributed by atoms with van der Waals surface area (Å²) in [6, 6.07) is 12.1. The van der Waals surface area contributed by atoms with Gasteiger partial charge in [0.1, 0.15) is 0 Å². The Labute approximate surface area is 128 Å². The molecule has 2 saturated heterocycles. The van der Waals surface area contributed by atoms with Crippen molar-refractivity contribution in [2.75, 3.05) is 19.7 Å². The van der Waals surface area contributed by atoms with Crippen molar-refractivity contribution in [2.45, 2.75) is 57.3 Å². The highest BCUT2D eigenvalue weighted by Crippen LogP contribution is 2.19. The Kier molecular flexibility index (Phi) is 5.28. The molecule has 2 fully saturated rings. The smallest absolute Gasteiger partial charge is 0.0587 e. The average molecular weight is 288 g/mol. The van der Waals surface area contributed by atoms with Gasteiger partial charge >= 0.3 is 0 Å². The second kappa shape index (κ2) is 7.39. The minimum absolute atomic E-state index is 0.470. The number of rotatable bonds is 5. The van der Waals surface area contributed by atoms with Crippen LogP contribution in [-0.4, -0.2) is 42.8 Å². The standard InChI is InChI=1S/C18H28N2O/c1-2-18-12-16(9-11-21-18)19-17-8-10-20(14-17)13-15-6-4-3-5-7-15/h3-7,16-19H,2,8-14H2,1H3. The Balaban J connectivity index is 1.44. The average Bonchev–Trinajstić information content (AvgIpc) is 2.95. The van der Waals surface area contributed by atoms with Crippen molar-refractivity contribution in [3.8, 4) is 0 Å². The highest BCUT2D eigenvalue weighted by atomic mass is 16.5. The third kappa shape index (κ3) is 4.29. The molecule has 0 amide bonds. The summed E-state index contributed by atoms with van der Waals surface area (Å²) in [4.78, 5) is 2.57. The first kappa shape index (κ1) is 15.0. The molecule has 0 aliphatic carbocycles. The van der Waals surface area contributed by atoms with Gasteiger partial charge in [0.15, 0.2) is 0 Å². The summed E-state index contributed by atoms with van der Waals surface area (Å²) in [5.41, 5.74) is 1.43. The molecule has 2 aliphatic rings. The number of benzene rings is 1. The zero-order valence-corrected chi connectivity index (χ0v) is 13.1. The molecule has 3 nitrogen and oxygen atoms in total. The van der Waals surface area contributed by atoms with Crippen LogP contribution in [0, 0.1) is 0 Å². The summed E-state index contributed by atoms with van der Waals surface area (Å²) >= 11 is 0. The number of nitrogens with zero attached hydrogens (tertiary/aromatic N) is 1. The molecule has 3 unspecified atom stereocenters. The normalized spacial score (nSPS) is 30.6. The molecule has 0 radical (unpaired) electrons. The van der Waals surface area contributed by atoms with Gasteiger partial charge in [-0.15, -0.1) is 0 Å². The van der Waals surface area contributed by atoms with Crippen molar-refractivity contribution < 1.29 is 4.74 Å². The minimum Gasteiger partial charge on any atom is -0.378 e. The molecule has 1 N–H and O–H groups in total. The molecule has 0 bridgehead atoms. The van der Waals surface area contributed by atoms with Gasteiger partial charge in [-0.1, -0.05) is 37.3 Å². The van der Waals surface area contributed by atoms with E-state index in [1.807, 2.05) is 0 Å². The second-order valence-electron chi connectivity index (χ2n) is 6.50. The predicted molar refractivity (Wildman–Crippen MR) is 86.3 cm³/mol. The van der Waals surface area contributed by atoms with Gasteiger partial charge in [0.25, 0.3) is 0 Å². The van der Waals surface area contributed by atoms with E-state index in [1.165, 1.54) is 37.9 Å². The van der Waals surface area contributed by atoms with Crippen LogP contribution in [0.25, 0.3) is 0 Å². The van der Waals surface area contributed by atoms with Crippen LogP contribution in [0.5, 0.6) is 0 Å². The molecule has 0 spiro atoms. The van der Waals surface area contributed by atoms with Gasteiger partial charge in [-0.2, -0.15) is 0 Å². The molecule has 21 heavy (non-hydrogen) atoms. The van der Waals surface area contributed by atoms with Crippen LogP contribution in [-0.2, 0) is 11.3 Å². The number of ether oxygens (including phenoxy) is 1. The van der Waals surface area contributed by atoms with Gasteiger partial charge < -0.3 is 10.1 Å². The molecule has 0 saturated carbocycles. The topological polar surface area (TPSA) is 24.5 Å². The summed E-state index contributed by atoms with van der Waals surface area (Å²) < 4.78 is 5.77. The van der Waals surface area contributed by atoms with Crippen molar-refractivity contribution in [1.82, 2.24) is 10.2 Å². The van der Waals surface area contributed by atoms with Gasteiger partial charge in [-0.3, -0.25) is 4.90 Å². The molecule has 1 aromatic rings. The molecule has 0 aromatic heterocycles. The highest BCUT2D eigenvalue weighted by Gasteiger charge is 2.27. The van der Waals surface area contributed by atoms with Gasteiger partial charge in [-0.25, -0.2) is 0 Å². The van der Waals surface area contributed by atoms with Crippen LogP contribution in [0.15, 0.2) is 30.3 Å². The number of likely N-dealkylation sites (tertiary alicyclic amines) is 1. The largest absolute Gasteiger partial charge is 0.378 e. The van der Waals surface area contributed by atoms with E-state index in [0.29, 0.717) is 18.2 Å². The fourth-order valence-corrected chi connectivity index (χ4v) is 3.60. The lowest BCUT2D eigenvalue weighted by molar-refractivity contribution is -0.00176. The van der Waals surface area contributed by atoms with Gasteiger partial charge in [0.05, 0.1) is 6.10 Å². The van der Waals surface area contributed by atoms with E-state index in [9.17, 15) is 0 Å². The quantitative estimate of drug-likeness (QED) is 0.901. The fourth-order valence-electron chi connectivity index (χ4n) is 3.60. The Bertz CT molecular complexity index is 422. The first-order valence-electron chi connectivity index (χ1n) is 8.47. The van der Waals surface area contributed by atoms with E-state index in [4.69, 9.17) is 4.74 Å². The Morgan fingerprint density at radius 3 is 2.86 bits per heavy atom. The molecule has 3 atom stereocenters. The first-order chi connectivity index (χ1) is 10.3. The van der Waals surface area contributed by atoms with E-state index in [-0.39, 0.29) is 0 Å². The van der Waals surface area contributed by atoms with Crippen molar-refractivity contribution in [1.29, 1.82) is 0 Å². The second-order valence-corrected chi connectivity index (χ2v) is 6.50. The molecular formula is C18H28N2O. The molecule has 116 valence electrons. The van der Waals surface area contributed by atoms with E-state index in [0.717, 1.165) is 19.6 Å². The van der Waals surface area contributed by atoms with Crippen molar-refractivity contribution >= 4 is 0 Å². The number of hydrogen-bond donors (Lipinski definition) is 1. The summed E-state index contributed by atoms with van der Waals surface area (Å²) in [5.74, 6) is 0. The third-order valence-corrected chi connectivity index (χ3v) is 4.82. The maximum atomic E-state index is 5.77. The van der Waals surface area contributed by atoms with Crippen LogP contribution in [0.1, 0.15) is 38.2 Å². The first-order valence-corrected chi connectivity index (χ1v) is 8.47. The van der Waals surface area contributed by atoms with Crippen molar-refractivity contribution in [2.24, 2.45) is 0 Å².